The summed E-state index contributed by atoms with van der Waals surface area (Å²) in [5.74, 6) is 0.975. The molecule has 0 atom stereocenters. The molecule has 0 N–H and O–H groups in total. The lowest BCUT2D eigenvalue weighted by atomic mass is 10.2. The van der Waals surface area contributed by atoms with Gasteiger partial charge >= 0.3 is 0 Å². The van der Waals surface area contributed by atoms with Gasteiger partial charge in [0.2, 0.25) is 0 Å². The van der Waals surface area contributed by atoms with Crippen molar-refractivity contribution in [3.8, 4) is 10.4 Å². The standard InChI is InChI=1S/C16H16N2OS2/c1-3-9-20-16-17-14-12(15(19)18(16)2)10-13(21-14)11-7-5-4-6-8-11/h4-8,10H,3,9H2,1-2H3. The van der Waals surface area contributed by atoms with Crippen LogP contribution in [0.1, 0.15) is 13.3 Å². The maximum Gasteiger partial charge on any atom is 0.262 e. The van der Waals surface area contributed by atoms with Gasteiger partial charge in [0.05, 0.1) is 5.39 Å². The molecule has 3 aromatic rings. The summed E-state index contributed by atoms with van der Waals surface area (Å²) in [6.45, 7) is 2.13. The van der Waals surface area contributed by atoms with Crippen LogP contribution in [0.4, 0.5) is 0 Å². The largest absolute Gasteiger partial charge is 0.290 e. The van der Waals surface area contributed by atoms with Crippen LogP contribution in [0.2, 0.25) is 0 Å². The van der Waals surface area contributed by atoms with Crippen LogP contribution in [-0.4, -0.2) is 15.3 Å². The molecule has 0 spiro atoms. The number of fused-ring (bicyclic) bond motifs is 1. The number of thioether (sulfide) groups is 1. The summed E-state index contributed by atoms with van der Waals surface area (Å²) in [5.41, 5.74) is 1.17. The Labute approximate surface area is 131 Å². The Bertz CT molecular complexity index is 821. The summed E-state index contributed by atoms with van der Waals surface area (Å²) in [6, 6.07) is 12.1. The lowest BCUT2D eigenvalue weighted by Gasteiger charge is -2.05. The summed E-state index contributed by atoms with van der Waals surface area (Å²) in [7, 11) is 1.80. The minimum atomic E-state index is 0.0389. The lowest BCUT2D eigenvalue weighted by Crippen LogP contribution is -2.19. The van der Waals surface area contributed by atoms with Crippen LogP contribution in [0.15, 0.2) is 46.3 Å². The predicted octanol–water partition coefficient (Wildman–Crippen LogP) is 4.16. The highest BCUT2D eigenvalue weighted by Crippen LogP contribution is 2.31. The third-order valence-corrected chi connectivity index (χ3v) is 5.54. The number of thiophene rings is 1. The fourth-order valence-corrected chi connectivity index (χ4v) is 4.02. The van der Waals surface area contributed by atoms with Crippen LogP contribution in [0.3, 0.4) is 0 Å². The SMILES string of the molecule is CCCSc1nc2sc(-c3ccccc3)cc2c(=O)n1C. The monoisotopic (exact) mass is 316 g/mol. The van der Waals surface area contributed by atoms with E-state index in [9.17, 15) is 4.79 Å². The maximum absolute atomic E-state index is 12.5. The molecule has 108 valence electrons. The highest BCUT2D eigenvalue weighted by molar-refractivity contribution is 7.99. The molecule has 0 radical (unpaired) electrons. The minimum absolute atomic E-state index is 0.0389. The topological polar surface area (TPSA) is 34.9 Å². The molecule has 1 aromatic carbocycles. The van der Waals surface area contributed by atoms with E-state index in [-0.39, 0.29) is 5.56 Å². The molecule has 2 aromatic heterocycles. The van der Waals surface area contributed by atoms with Crippen molar-refractivity contribution >= 4 is 33.3 Å². The molecule has 3 rings (SSSR count). The van der Waals surface area contributed by atoms with Gasteiger partial charge in [0, 0.05) is 17.7 Å². The van der Waals surface area contributed by atoms with Crippen molar-refractivity contribution in [1.82, 2.24) is 9.55 Å². The fourth-order valence-electron chi connectivity index (χ4n) is 2.11. The molecule has 0 aliphatic carbocycles. The normalized spacial score (nSPS) is 11.1. The molecular weight excluding hydrogens is 300 g/mol. The second-order valence-electron chi connectivity index (χ2n) is 4.80. The van der Waals surface area contributed by atoms with Gasteiger partial charge in [-0.15, -0.1) is 11.3 Å². The molecular formula is C16H16N2OS2. The summed E-state index contributed by atoms with van der Waals surface area (Å²) in [4.78, 5) is 19.1. The first kappa shape index (κ1) is 14.4. The molecule has 3 nitrogen and oxygen atoms in total. The van der Waals surface area contributed by atoms with E-state index >= 15 is 0 Å². The van der Waals surface area contributed by atoms with Crippen molar-refractivity contribution in [2.45, 2.75) is 18.5 Å². The molecule has 0 aliphatic rings. The van der Waals surface area contributed by atoms with Gasteiger partial charge in [-0.2, -0.15) is 0 Å². The van der Waals surface area contributed by atoms with E-state index in [2.05, 4.69) is 24.0 Å². The number of hydrogen-bond donors (Lipinski definition) is 0. The van der Waals surface area contributed by atoms with E-state index < -0.39 is 0 Å². The second-order valence-corrected chi connectivity index (χ2v) is 6.90. The number of benzene rings is 1. The van der Waals surface area contributed by atoms with Gasteiger partial charge < -0.3 is 0 Å². The zero-order valence-corrected chi connectivity index (χ0v) is 13.6. The average molecular weight is 316 g/mol. The zero-order valence-electron chi connectivity index (χ0n) is 12.0. The van der Waals surface area contributed by atoms with E-state index in [1.54, 1.807) is 34.7 Å². The molecule has 0 bridgehead atoms. The minimum Gasteiger partial charge on any atom is -0.290 e. The van der Waals surface area contributed by atoms with Gasteiger partial charge in [0.1, 0.15) is 4.83 Å². The molecule has 0 amide bonds. The van der Waals surface area contributed by atoms with Crippen LogP contribution < -0.4 is 5.56 Å². The fraction of sp³-hybridized carbons (Fsp3) is 0.250. The van der Waals surface area contributed by atoms with Crippen molar-refractivity contribution in [3.63, 3.8) is 0 Å². The van der Waals surface area contributed by atoms with Gasteiger partial charge in [-0.3, -0.25) is 9.36 Å². The molecule has 0 aliphatic heterocycles. The van der Waals surface area contributed by atoms with E-state index in [1.807, 2.05) is 24.3 Å². The van der Waals surface area contributed by atoms with Crippen LogP contribution in [0.25, 0.3) is 20.7 Å². The van der Waals surface area contributed by atoms with Gasteiger partial charge in [0.15, 0.2) is 5.16 Å². The van der Waals surface area contributed by atoms with Crippen LogP contribution in [0.5, 0.6) is 0 Å². The second kappa shape index (κ2) is 6.03. The van der Waals surface area contributed by atoms with Gasteiger partial charge in [-0.25, -0.2) is 4.98 Å². The van der Waals surface area contributed by atoms with Crippen molar-refractivity contribution in [1.29, 1.82) is 0 Å². The number of nitrogens with zero attached hydrogens (tertiary/aromatic N) is 2. The van der Waals surface area contributed by atoms with Crippen molar-refractivity contribution < 1.29 is 0 Å². The van der Waals surface area contributed by atoms with E-state index in [4.69, 9.17) is 0 Å². The number of aromatic nitrogens is 2. The Morgan fingerprint density at radius 1 is 1.29 bits per heavy atom. The van der Waals surface area contributed by atoms with Crippen LogP contribution in [-0.2, 0) is 7.05 Å². The molecule has 0 unspecified atom stereocenters. The van der Waals surface area contributed by atoms with Gasteiger partial charge in [0.25, 0.3) is 5.56 Å². The molecule has 5 heteroatoms. The first-order valence-electron chi connectivity index (χ1n) is 6.89. The van der Waals surface area contributed by atoms with E-state index in [1.165, 1.54) is 0 Å². The Morgan fingerprint density at radius 2 is 2.05 bits per heavy atom. The van der Waals surface area contributed by atoms with Crippen LogP contribution in [0, 0.1) is 0 Å². The molecule has 21 heavy (non-hydrogen) atoms. The summed E-state index contributed by atoms with van der Waals surface area (Å²) < 4.78 is 1.66. The summed E-state index contributed by atoms with van der Waals surface area (Å²) in [5, 5.41) is 1.51. The van der Waals surface area contributed by atoms with Gasteiger partial charge in [-0.1, -0.05) is 49.0 Å². The number of hydrogen-bond acceptors (Lipinski definition) is 4. The lowest BCUT2D eigenvalue weighted by molar-refractivity contribution is 0.727. The Balaban J connectivity index is 2.13. The third kappa shape index (κ3) is 2.76. The number of rotatable bonds is 4. The first-order valence-corrected chi connectivity index (χ1v) is 8.69. The van der Waals surface area contributed by atoms with Crippen molar-refractivity contribution in [2.75, 3.05) is 5.75 Å². The van der Waals surface area contributed by atoms with Crippen molar-refractivity contribution in [2.24, 2.45) is 7.05 Å². The third-order valence-electron chi connectivity index (χ3n) is 3.23. The maximum atomic E-state index is 12.5. The highest BCUT2D eigenvalue weighted by Gasteiger charge is 2.12. The van der Waals surface area contributed by atoms with E-state index in [0.29, 0.717) is 5.39 Å². The zero-order chi connectivity index (χ0) is 14.8. The summed E-state index contributed by atoms with van der Waals surface area (Å²) >= 11 is 3.22. The Hall–Kier alpha value is -1.59. The average Bonchev–Trinajstić information content (AvgIpc) is 2.94. The molecule has 0 saturated carbocycles. The summed E-state index contributed by atoms with van der Waals surface area (Å²) in [6.07, 6.45) is 1.07. The van der Waals surface area contributed by atoms with E-state index in [0.717, 1.165) is 32.6 Å². The van der Waals surface area contributed by atoms with Gasteiger partial charge in [-0.05, 0) is 18.1 Å². The Kier molecular flexibility index (Phi) is 4.12. The highest BCUT2D eigenvalue weighted by atomic mass is 32.2. The quantitative estimate of drug-likeness (QED) is 0.535. The molecule has 2 heterocycles. The molecule has 0 fully saturated rings. The predicted molar refractivity (Wildman–Crippen MR) is 91.3 cm³/mol. The van der Waals surface area contributed by atoms with Crippen LogP contribution >= 0.6 is 23.1 Å². The van der Waals surface area contributed by atoms with Crippen molar-refractivity contribution in [3.05, 3.63) is 46.8 Å². The first-order chi connectivity index (χ1) is 10.2. The molecule has 0 saturated heterocycles. The Morgan fingerprint density at radius 3 is 2.76 bits per heavy atom. The smallest absolute Gasteiger partial charge is 0.262 e.